The maximum Gasteiger partial charge on any atom is 0.393 e. The van der Waals surface area contributed by atoms with Crippen LogP contribution in [0.15, 0.2) is 24.3 Å². The molecule has 3 rings (SSSR count). The number of hydrogen-bond acceptors (Lipinski definition) is 3. The highest BCUT2D eigenvalue weighted by Gasteiger charge is 2.51. The number of hydrogen-bond donors (Lipinski definition) is 1. The van der Waals surface area contributed by atoms with Crippen LogP contribution in [0.25, 0.3) is 0 Å². The Morgan fingerprint density at radius 2 is 1.88 bits per heavy atom. The van der Waals surface area contributed by atoms with Crippen molar-refractivity contribution in [1.29, 1.82) is 0 Å². The molecule has 1 aliphatic heterocycles. The van der Waals surface area contributed by atoms with Crippen LogP contribution in [0.1, 0.15) is 18.4 Å². The quantitative estimate of drug-likeness (QED) is 0.856. The minimum atomic E-state index is -4.35. The summed E-state index contributed by atoms with van der Waals surface area (Å²) in [5, 5.41) is 2.72. The van der Waals surface area contributed by atoms with Crippen molar-refractivity contribution in [3.05, 3.63) is 29.8 Å². The normalized spacial score (nSPS) is 23.0. The maximum absolute atomic E-state index is 13.1. The van der Waals surface area contributed by atoms with Crippen molar-refractivity contribution < 1.29 is 22.7 Å². The van der Waals surface area contributed by atoms with Crippen LogP contribution >= 0.6 is 12.4 Å². The summed E-state index contributed by atoms with van der Waals surface area (Å²) in [6, 6.07) is 7.33. The van der Waals surface area contributed by atoms with Crippen molar-refractivity contribution in [3.63, 3.8) is 0 Å². The molecule has 1 aliphatic carbocycles. The van der Waals surface area contributed by atoms with Crippen LogP contribution in [0.3, 0.4) is 0 Å². The Kier molecular flexibility index (Phi) is 6.21. The van der Waals surface area contributed by atoms with Gasteiger partial charge in [-0.3, -0.25) is 4.79 Å². The first-order valence-electron chi connectivity index (χ1n) is 8.11. The minimum absolute atomic E-state index is 0. The summed E-state index contributed by atoms with van der Waals surface area (Å²) < 4.78 is 44.5. The standard InChI is InChI=1S/C17H21F3N2O2.ClH/c1-24-13-6-2-11(3-7-13)10-22(12-4-5-12)16(23)14-8-21-9-15(14)17(18,19)20;/h2-3,6-7,12,14-15,21H,4-5,8-10H2,1H3;1H/t14-,15-;/m1./s1. The molecule has 2 fully saturated rings. The summed E-state index contributed by atoms with van der Waals surface area (Å²) in [5.41, 5.74) is 0.894. The van der Waals surface area contributed by atoms with E-state index in [1.54, 1.807) is 24.1 Å². The van der Waals surface area contributed by atoms with Crippen LogP contribution in [0.2, 0.25) is 0 Å². The molecular weight excluding hydrogens is 357 g/mol. The fourth-order valence-electron chi connectivity index (χ4n) is 3.20. The number of methoxy groups -OCH3 is 1. The van der Waals surface area contributed by atoms with E-state index in [2.05, 4.69) is 5.32 Å². The van der Waals surface area contributed by atoms with Gasteiger partial charge in [-0.1, -0.05) is 12.1 Å². The van der Waals surface area contributed by atoms with E-state index in [0.717, 1.165) is 18.4 Å². The fourth-order valence-corrected chi connectivity index (χ4v) is 3.20. The third kappa shape index (κ3) is 4.58. The van der Waals surface area contributed by atoms with Crippen LogP contribution in [0, 0.1) is 11.8 Å². The van der Waals surface area contributed by atoms with E-state index in [1.807, 2.05) is 12.1 Å². The molecule has 1 aromatic carbocycles. The number of alkyl halides is 3. The lowest BCUT2D eigenvalue weighted by atomic mass is 9.93. The van der Waals surface area contributed by atoms with Crippen LogP contribution in [-0.2, 0) is 11.3 Å². The molecule has 2 aliphatic rings. The second-order valence-corrected chi connectivity index (χ2v) is 6.46. The first-order valence-corrected chi connectivity index (χ1v) is 8.11. The van der Waals surface area contributed by atoms with Gasteiger partial charge < -0.3 is 15.0 Å². The molecule has 8 heteroatoms. The first kappa shape index (κ1) is 19.8. The highest BCUT2D eigenvalue weighted by molar-refractivity contribution is 5.85. The van der Waals surface area contributed by atoms with E-state index in [4.69, 9.17) is 4.74 Å². The topological polar surface area (TPSA) is 41.6 Å². The molecule has 1 N–H and O–H groups in total. The Bertz CT molecular complexity index is 591. The molecule has 1 saturated carbocycles. The van der Waals surface area contributed by atoms with Gasteiger partial charge in [0.25, 0.3) is 0 Å². The van der Waals surface area contributed by atoms with Crippen molar-refractivity contribution in [3.8, 4) is 5.75 Å². The number of carbonyl (C=O) groups is 1. The predicted octanol–water partition coefficient (Wildman–Crippen LogP) is 3.01. The van der Waals surface area contributed by atoms with Gasteiger partial charge in [-0.05, 0) is 30.5 Å². The number of benzene rings is 1. The van der Waals surface area contributed by atoms with Crippen molar-refractivity contribution in [2.24, 2.45) is 11.8 Å². The summed E-state index contributed by atoms with van der Waals surface area (Å²) >= 11 is 0. The Balaban J connectivity index is 0.00000225. The van der Waals surface area contributed by atoms with Crippen LogP contribution in [0.4, 0.5) is 13.2 Å². The molecule has 0 unspecified atom stereocenters. The lowest BCUT2D eigenvalue weighted by Crippen LogP contribution is -2.43. The number of amides is 1. The zero-order valence-corrected chi connectivity index (χ0v) is 14.7. The molecule has 0 spiro atoms. The van der Waals surface area contributed by atoms with Crippen molar-refractivity contribution in [2.75, 3.05) is 20.2 Å². The molecule has 140 valence electrons. The molecule has 1 aromatic rings. The highest BCUT2D eigenvalue weighted by atomic mass is 35.5. The van der Waals surface area contributed by atoms with Gasteiger partial charge in [0, 0.05) is 25.7 Å². The molecule has 4 nitrogen and oxygen atoms in total. The number of rotatable bonds is 5. The third-order valence-electron chi connectivity index (χ3n) is 4.73. The van der Waals surface area contributed by atoms with E-state index in [0.29, 0.717) is 12.3 Å². The second-order valence-electron chi connectivity index (χ2n) is 6.46. The summed E-state index contributed by atoms with van der Waals surface area (Å²) in [4.78, 5) is 14.4. The summed E-state index contributed by atoms with van der Waals surface area (Å²) in [5.74, 6) is -2.30. The predicted molar refractivity (Wildman–Crippen MR) is 89.7 cm³/mol. The van der Waals surface area contributed by atoms with Gasteiger partial charge in [-0.25, -0.2) is 0 Å². The van der Waals surface area contributed by atoms with Crippen molar-refractivity contribution >= 4 is 18.3 Å². The summed E-state index contributed by atoms with van der Waals surface area (Å²) in [7, 11) is 1.57. The van der Waals surface area contributed by atoms with Gasteiger partial charge in [0.1, 0.15) is 5.75 Å². The van der Waals surface area contributed by atoms with Gasteiger partial charge in [-0.15, -0.1) is 12.4 Å². The maximum atomic E-state index is 13.1. The number of carbonyl (C=O) groups excluding carboxylic acids is 1. The Morgan fingerprint density at radius 1 is 1.24 bits per heavy atom. The Labute approximate surface area is 151 Å². The molecule has 25 heavy (non-hydrogen) atoms. The van der Waals surface area contributed by atoms with Crippen LogP contribution in [0.5, 0.6) is 5.75 Å². The fraction of sp³-hybridized carbons (Fsp3) is 0.588. The largest absolute Gasteiger partial charge is 0.497 e. The molecule has 1 saturated heterocycles. The average molecular weight is 379 g/mol. The van der Waals surface area contributed by atoms with E-state index in [9.17, 15) is 18.0 Å². The number of nitrogens with zero attached hydrogens (tertiary/aromatic N) is 1. The highest BCUT2D eigenvalue weighted by Crippen LogP contribution is 2.38. The van der Waals surface area contributed by atoms with Crippen molar-refractivity contribution in [1.82, 2.24) is 10.2 Å². The first-order chi connectivity index (χ1) is 11.4. The van der Waals surface area contributed by atoms with Gasteiger partial charge in [-0.2, -0.15) is 13.2 Å². The van der Waals surface area contributed by atoms with E-state index >= 15 is 0 Å². The van der Waals surface area contributed by atoms with Gasteiger partial charge in [0.05, 0.1) is 18.9 Å². The molecule has 0 aromatic heterocycles. The number of nitrogens with one attached hydrogen (secondary N) is 1. The second kappa shape index (κ2) is 7.83. The molecule has 2 atom stereocenters. The van der Waals surface area contributed by atoms with Crippen LogP contribution in [-0.4, -0.2) is 43.2 Å². The lowest BCUT2D eigenvalue weighted by molar-refractivity contribution is -0.185. The summed E-state index contributed by atoms with van der Waals surface area (Å²) in [6.07, 6.45) is -2.63. The van der Waals surface area contributed by atoms with E-state index in [-0.39, 0.29) is 37.4 Å². The Hall–Kier alpha value is -1.47. The molecule has 0 bridgehead atoms. The van der Waals surface area contributed by atoms with E-state index < -0.39 is 18.0 Å². The Morgan fingerprint density at radius 3 is 2.40 bits per heavy atom. The van der Waals surface area contributed by atoms with Gasteiger partial charge in [0.2, 0.25) is 5.91 Å². The molecular formula is C17H22ClF3N2O2. The van der Waals surface area contributed by atoms with Crippen molar-refractivity contribution in [2.45, 2.75) is 31.6 Å². The molecule has 1 heterocycles. The number of ether oxygens (including phenoxy) is 1. The van der Waals surface area contributed by atoms with Crippen LogP contribution < -0.4 is 10.1 Å². The lowest BCUT2D eigenvalue weighted by Gasteiger charge is -2.29. The number of halogens is 4. The van der Waals surface area contributed by atoms with Gasteiger partial charge in [0.15, 0.2) is 0 Å². The monoisotopic (exact) mass is 378 g/mol. The third-order valence-corrected chi connectivity index (χ3v) is 4.73. The van der Waals surface area contributed by atoms with Gasteiger partial charge >= 0.3 is 6.18 Å². The zero-order valence-electron chi connectivity index (χ0n) is 13.9. The van der Waals surface area contributed by atoms with E-state index in [1.165, 1.54) is 0 Å². The zero-order chi connectivity index (χ0) is 17.3. The molecule has 0 radical (unpaired) electrons. The average Bonchev–Trinajstić information content (AvgIpc) is 3.26. The smallest absolute Gasteiger partial charge is 0.393 e. The molecule has 1 amide bonds. The summed E-state index contributed by atoms with van der Waals surface area (Å²) in [6.45, 7) is 0.254. The SMILES string of the molecule is COc1ccc(CN(C(=O)[C@@H]2CNC[C@H]2C(F)(F)F)C2CC2)cc1.Cl. The minimum Gasteiger partial charge on any atom is -0.497 e.